The number of halogens is 1. The van der Waals surface area contributed by atoms with Gasteiger partial charge in [0.25, 0.3) is 0 Å². The molecule has 0 aliphatic heterocycles. The number of ether oxygens (including phenoxy) is 1. The molecule has 3 aromatic rings. The highest BCUT2D eigenvalue weighted by molar-refractivity contribution is 5.80. The van der Waals surface area contributed by atoms with Gasteiger partial charge in [-0.05, 0) is 29.7 Å². The molecular weight excluding hydrogens is 229 g/mol. The van der Waals surface area contributed by atoms with Gasteiger partial charge in [0, 0.05) is 11.6 Å². The Balaban J connectivity index is 1.76. The fourth-order valence-corrected chi connectivity index (χ4v) is 1.93. The second-order valence-corrected chi connectivity index (χ2v) is 4.13. The SMILES string of the molecule is Fc1cccc(OCc2cc3ccccc3[nH]2)c1. The summed E-state index contributed by atoms with van der Waals surface area (Å²) < 4.78 is 18.5. The number of rotatable bonds is 3. The zero-order valence-electron chi connectivity index (χ0n) is 9.69. The van der Waals surface area contributed by atoms with Crippen LogP contribution in [0.1, 0.15) is 5.69 Å². The van der Waals surface area contributed by atoms with Gasteiger partial charge in [0.1, 0.15) is 18.2 Å². The van der Waals surface area contributed by atoms with Crippen molar-refractivity contribution in [2.75, 3.05) is 0 Å². The predicted molar refractivity (Wildman–Crippen MR) is 69.0 cm³/mol. The van der Waals surface area contributed by atoms with Crippen molar-refractivity contribution in [2.45, 2.75) is 6.61 Å². The minimum atomic E-state index is -0.288. The van der Waals surface area contributed by atoms with E-state index in [9.17, 15) is 4.39 Å². The molecule has 0 bridgehead atoms. The number of H-pyrrole nitrogens is 1. The summed E-state index contributed by atoms with van der Waals surface area (Å²) in [6, 6.07) is 16.2. The molecular formula is C15H12FNO. The first-order chi connectivity index (χ1) is 8.81. The Morgan fingerprint density at radius 1 is 1.00 bits per heavy atom. The lowest BCUT2D eigenvalue weighted by Crippen LogP contribution is -1.95. The van der Waals surface area contributed by atoms with Gasteiger partial charge in [-0.2, -0.15) is 0 Å². The maximum Gasteiger partial charge on any atom is 0.128 e. The van der Waals surface area contributed by atoms with Crippen LogP contribution < -0.4 is 4.74 Å². The van der Waals surface area contributed by atoms with Crippen molar-refractivity contribution in [2.24, 2.45) is 0 Å². The number of fused-ring (bicyclic) bond motifs is 1. The van der Waals surface area contributed by atoms with Crippen molar-refractivity contribution in [3.8, 4) is 5.75 Å². The largest absolute Gasteiger partial charge is 0.487 e. The Kier molecular flexibility index (Phi) is 2.73. The van der Waals surface area contributed by atoms with Crippen LogP contribution in [0.25, 0.3) is 10.9 Å². The molecule has 0 amide bonds. The van der Waals surface area contributed by atoms with Crippen molar-refractivity contribution >= 4 is 10.9 Å². The van der Waals surface area contributed by atoms with E-state index >= 15 is 0 Å². The number of hydrogen-bond acceptors (Lipinski definition) is 1. The van der Waals surface area contributed by atoms with Gasteiger partial charge in [-0.1, -0.05) is 24.3 Å². The maximum atomic E-state index is 13.0. The fraction of sp³-hybridized carbons (Fsp3) is 0.0667. The minimum Gasteiger partial charge on any atom is -0.487 e. The van der Waals surface area contributed by atoms with Crippen LogP contribution in [0.3, 0.4) is 0 Å². The lowest BCUT2D eigenvalue weighted by atomic mass is 10.2. The first kappa shape index (κ1) is 10.8. The Hall–Kier alpha value is -2.29. The first-order valence-electron chi connectivity index (χ1n) is 5.76. The average Bonchev–Trinajstić information content (AvgIpc) is 2.79. The van der Waals surface area contributed by atoms with Crippen LogP contribution in [0.5, 0.6) is 5.75 Å². The highest BCUT2D eigenvalue weighted by Crippen LogP contribution is 2.17. The zero-order chi connectivity index (χ0) is 12.4. The van der Waals surface area contributed by atoms with Crippen LogP contribution in [0.4, 0.5) is 4.39 Å². The summed E-state index contributed by atoms with van der Waals surface area (Å²) in [6.45, 7) is 0.401. The van der Waals surface area contributed by atoms with Crippen LogP contribution in [0.2, 0.25) is 0 Å². The summed E-state index contributed by atoms with van der Waals surface area (Å²) in [5.41, 5.74) is 2.05. The Morgan fingerprint density at radius 3 is 2.72 bits per heavy atom. The van der Waals surface area contributed by atoms with Crippen LogP contribution in [-0.2, 0) is 6.61 Å². The van der Waals surface area contributed by atoms with Crippen molar-refractivity contribution < 1.29 is 9.13 Å². The summed E-state index contributed by atoms with van der Waals surface area (Å²) in [7, 11) is 0. The Bertz CT molecular complexity index is 642. The van der Waals surface area contributed by atoms with E-state index in [1.807, 2.05) is 30.3 Å². The molecule has 0 spiro atoms. The Labute approximate surface area is 104 Å². The van der Waals surface area contributed by atoms with E-state index in [4.69, 9.17) is 4.74 Å². The molecule has 0 saturated carbocycles. The van der Waals surface area contributed by atoms with Gasteiger partial charge in [0.05, 0.1) is 5.69 Å². The molecule has 1 heterocycles. The normalized spacial score (nSPS) is 10.7. The van der Waals surface area contributed by atoms with Gasteiger partial charge in [-0.3, -0.25) is 0 Å². The molecule has 0 unspecified atom stereocenters. The van der Waals surface area contributed by atoms with Crippen LogP contribution >= 0.6 is 0 Å². The number of hydrogen-bond donors (Lipinski definition) is 1. The van der Waals surface area contributed by atoms with E-state index < -0.39 is 0 Å². The minimum absolute atomic E-state index is 0.288. The van der Waals surface area contributed by atoms with Crippen LogP contribution in [0, 0.1) is 5.82 Å². The lowest BCUT2D eigenvalue weighted by Gasteiger charge is -2.04. The number of nitrogens with one attached hydrogen (secondary N) is 1. The molecule has 90 valence electrons. The lowest BCUT2D eigenvalue weighted by molar-refractivity contribution is 0.301. The van der Waals surface area contributed by atoms with Gasteiger partial charge < -0.3 is 9.72 Å². The van der Waals surface area contributed by atoms with Gasteiger partial charge in [0.15, 0.2) is 0 Å². The zero-order valence-corrected chi connectivity index (χ0v) is 9.69. The summed E-state index contributed by atoms with van der Waals surface area (Å²) in [5, 5.41) is 1.15. The maximum absolute atomic E-state index is 13.0. The first-order valence-corrected chi connectivity index (χ1v) is 5.76. The molecule has 3 heteroatoms. The molecule has 3 rings (SSSR count). The predicted octanol–water partition coefficient (Wildman–Crippen LogP) is 3.89. The molecule has 18 heavy (non-hydrogen) atoms. The molecule has 0 aliphatic carbocycles. The summed E-state index contributed by atoms with van der Waals surface area (Å²) in [5.74, 6) is 0.248. The average molecular weight is 241 g/mol. The number of aromatic amines is 1. The summed E-state index contributed by atoms with van der Waals surface area (Å²) >= 11 is 0. The van der Waals surface area contributed by atoms with Gasteiger partial charge >= 0.3 is 0 Å². The van der Waals surface area contributed by atoms with Crippen molar-refractivity contribution in [1.29, 1.82) is 0 Å². The summed E-state index contributed by atoms with van der Waals surface area (Å²) in [4.78, 5) is 3.26. The summed E-state index contributed by atoms with van der Waals surface area (Å²) in [6.07, 6.45) is 0. The van der Waals surface area contributed by atoms with Crippen LogP contribution in [0.15, 0.2) is 54.6 Å². The molecule has 0 aliphatic rings. The third-order valence-electron chi connectivity index (χ3n) is 2.78. The van der Waals surface area contributed by atoms with Crippen molar-refractivity contribution in [3.63, 3.8) is 0 Å². The number of para-hydroxylation sites is 1. The van der Waals surface area contributed by atoms with Crippen molar-refractivity contribution in [1.82, 2.24) is 4.98 Å². The second kappa shape index (κ2) is 4.53. The smallest absolute Gasteiger partial charge is 0.128 e. The van der Waals surface area contributed by atoms with Gasteiger partial charge in [-0.25, -0.2) is 4.39 Å². The fourth-order valence-electron chi connectivity index (χ4n) is 1.93. The quantitative estimate of drug-likeness (QED) is 0.739. The number of benzene rings is 2. The van der Waals surface area contributed by atoms with Gasteiger partial charge in [-0.15, -0.1) is 0 Å². The standard InChI is InChI=1S/C15H12FNO/c16-12-5-3-6-14(9-12)18-10-13-8-11-4-1-2-7-15(11)17-13/h1-9,17H,10H2. The monoisotopic (exact) mass is 241 g/mol. The highest BCUT2D eigenvalue weighted by atomic mass is 19.1. The third kappa shape index (κ3) is 2.20. The van der Waals surface area contributed by atoms with Crippen LogP contribution in [-0.4, -0.2) is 4.98 Å². The van der Waals surface area contributed by atoms with E-state index in [0.717, 1.165) is 16.6 Å². The van der Waals surface area contributed by atoms with Crippen molar-refractivity contribution in [3.05, 3.63) is 66.1 Å². The van der Waals surface area contributed by atoms with Gasteiger partial charge in [0.2, 0.25) is 0 Å². The molecule has 1 N–H and O–H groups in total. The van der Waals surface area contributed by atoms with E-state index in [2.05, 4.69) is 4.98 Å². The number of aromatic nitrogens is 1. The Morgan fingerprint density at radius 2 is 1.89 bits per heavy atom. The van der Waals surface area contributed by atoms with E-state index in [0.29, 0.717) is 12.4 Å². The molecule has 0 fully saturated rings. The van der Waals surface area contributed by atoms with E-state index in [1.54, 1.807) is 12.1 Å². The molecule has 0 atom stereocenters. The highest BCUT2D eigenvalue weighted by Gasteiger charge is 2.01. The molecule has 1 aromatic heterocycles. The van der Waals surface area contributed by atoms with E-state index in [1.165, 1.54) is 12.1 Å². The second-order valence-electron chi connectivity index (χ2n) is 4.13. The molecule has 2 aromatic carbocycles. The molecule has 0 saturated heterocycles. The third-order valence-corrected chi connectivity index (χ3v) is 2.78. The topological polar surface area (TPSA) is 25.0 Å². The van der Waals surface area contributed by atoms with E-state index in [-0.39, 0.29) is 5.82 Å². The molecule has 2 nitrogen and oxygen atoms in total. The molecule has 0 radical (unpaired) electrons.